The Balaban J connectivity index is 2.19. The highest BCUT2D eigenvalue weighted by Gasteiger charge is 2.12. The highest BCUT2D eigenvalue weighted by Crippen LogP contribution is 1.92. The molecule has 1 rings (SSSR count). The molecule has 1 aliphatic heterocycles. The normalized spacial score (nSPS) is 39.8. The summed E-state index contributed by atoms with van der Waals surface area (Å²) < 4.78 is 0. The summed E-state index contributed by atoms with van der Waals surface area (Å²) in [7, 11) is 0. The van der Waals surface area contributed by atoms with Crippen LogP contribution in [0.15, 0.2) is 0 Å². The third-order valence-corrected chi connectivity index (χ3v) is 1.59. The van der Waals surface area contributed by atoms with Crippen LogP contribution in [0.4, 0.5) is 0 Å². The van der Waals surface area contributed by atoms with Crippen molar-refractivity contribution in [2.45, 2.75) is 18.9 Å². The van der Waals surface area contributed by atoms with E-state index in [4.69, 9.17) is 5.73 Å². The summed E-state index contributed by atoms with van der Waals surface area (Å²) in [6.07, 6.45) is 1.80. The molecule has 0 radical (unpaired) electrons. The Morgan fingerprint density at radius 2 is 1.88 bits per heavy atom. The molecule has 0 atom stereocenters. The number of hydroxylamine groups is 2. The molecule has 48 valence electrons. The minimum Gasteiger partial charge on any atom is -0.634 e. The Hall–Kier alpha value is -0.120. The minimum atomic E-state index is 0.299. The molecule has 0 aliphatic carbocycles. The maximum Gasteiger partial charge on any atom is 0.0783 e. The van der Waals surface area contributed by atoms with Gasteiger partial charge >= 0.3 is 0 Å². The van der Waals surface area contributed by atoms with Crippen molar-refractivity contribution in [3.63, 3.8) is 0 Å². The molecule has 0 bridgehead atoms. The Morgan fingerprint density at radius 1 is 1.38 bits per heavy atom. The lowest BCUT2D eigenvalue weighted by Crippen LogP contribution is -3.08. The van der Waals surface area contributed by atoms with Crippen molar-refractivity contribution in [3.05, 3.63) is 5.21 Å². The maximum atomic E-state index is 10.6. The van der Waals surface area contributed by atoms with E-state index >= 15 is 0 Å². The molecule has 3 N–H and O–H groups in total. The predicted octanol–water partition coefficient (Wildman–Crippen LogP) is -1.51. The molecule has 3 heteroatoms. The lowest BCUT2D eigenvalue weighted by molar-refractivity contribution is -0.853. The number of quaternary nitrogens is 1. The summed E-state index contributed by atoms with van der Waals surface area (Å²) in [5.74, 6) is 0. The first-order chi connectivity index (χ1) is 3.79. The van der Waals surface area contributed by atoms with Gasteiger partial charge in [-0.1, -0.05) is 0 Å². The molecule has 1 saturated heterocycles. The zero-order valence-electron chi connectivity index (χ0n) is 4.89. The van der Waals surface area contributed by atoms with Crippen LogP contribution >= 0.6 is 0 Å². The molecule has 0 saturated carbocycles. The van der Waals surface area contributed by atoms with Gasteiger partial charge in [0.15, 0.2) is 0 Å². The van der Waals surface area contributed by atoms with Gasteiger partial charge in [0.1, 0.15) is 0 Å². The van der Waals surface area contributed by atoms with Gasteiger partial charge in [0.05, 0.1) is 13.1 Å². The third-order valence-electron chi connectivity index (χ3n) is 1.59. The van der Waals surface area contributed by atoms with E-state index in [2.05, 4.69) is 0 Å². The lowest BCUT2D eigenvalue weighted by atomic mass is 10.1. The van der Waals surface area contributed by atoms with Crippen molar-refractivity contribution in [1.29, 1.82) is 0 Å². The van der Waals surface area contributed by atoms with Crippen molar-refractivity contribution in [2.24, 2.45) is 5.73 Å². The van der Waals surface area contributed by atoms with Crippen molar-refractivity contribution in [2.75, 3.05) is 13.1 Å². The highest BCUT2D eigenvalue weighted by molar-refractivity contribution is 4.62. The van der Waals surface area contributed by atoms with E-state index in [1.807, 2.05) is 0 Å². The zero-order valence-corrected chi connectivity index (χ0v) is 4.89. The molecule has 8 heavy (non-hydrogen) atoms. The molecule has 0 amide bonds. The molecular weight excluding hydrogens is 104 g/mol. The Morgan fingerprint density at radius 3 is 2.25 bits per heavy atom. The van der Waals surface area contributed by atoms with Crippen LogP contribution in [-0.2, 0) is 0 Å². The first-order valence-corrected chi connectivity index (χ1v) is 3.06. The van der Waals surface area contributed by atoms with Gasteiger partial charge in [0.25, 0.3) is 0 Å². The number of nitrogens with one attached hydrogen (secondary N) is 1. The van der Waals surface area contributed by atoms with Crippen LogP contribution in [0.5, 0.6) is 0 Å². The molecule has 1 fully saturated rings. The standard InChI is InChI=1S/C5H12N2O/c6-5-1-3-7(8)4-2-5/h5,7H,1-4,6H2. The second kappa shape index (κ2) is 2.44. The van der Waals surface area contributed by atoms with Crippen molar-refractivity contribution in [1.82, 2.24) is 0 Å². The summed E-state index contributed by atoms with van der Waals surface area (Å²) in [4.78, 5) is 0. The second-order valence-corrected chi connectivity index (χ2v) is 2.38. The van der Waals surface area contributed by atoms with Gasteiger partial charge in [0, 0.05) is 18.9 Å². The average Bonchev–Trinajstić information content (AvgIpc) is 1.77. The van der Waals surface area contributed by atoms with Gasteiger partial charge in [-0.15, -0.1) is 0 Å². The first kappa shape index (κ1) is 6.01. The Labute approximate surface area is 49.0 Å². The predicted molar refractivity (Wildman–Crippen MR) is 31.3 cm³/mol. The molecule has 0 aromatic heterocycles. The van der Waals surface area contributed by atoms with E-state index < -0.39 is 0 Å². The van der Waals surface area contributed by atoms with E-state index in [1.165, 1.54) is 0 Å². The molecule has 0 spiro atoms. The molecule has 0 aromatic carbocycles. The average molecular weight is 116 g/mol. The van der Waals surface area contributed by atoms with E-state index in [-0.39, 0.29) is 0 Å². The summed E-state index contributed by atoms with van der Waals surface area (Å²) in [6, 6.07) is 0.299. The van der Waals surface area contributed by atoms with Crippen LogP contribution in [0.1, 0.15) is 12.8 Å². The van der Waals surface area contributed by atoms with Crippen LogP contribution in [-0.4, -0.2) is 19.1 Å². The largest absolute Gasteiger partial charge is 0.634 e. The van der Waals surface area contributed by atoms with Gasteiger partial charge < -0.3 is 16.0 Å². The van der Waals surface area contributed by atoms with Crippen molar-refractivity contribution < 1.29 is 5.06 Å². The van der Waals surface area contributed by atoms with Gasteiger partial charge in [-0.2, -0.15) is 0 Å². The fourth-order valence-corrected chi connectivity index (χ4v) is 0.962. The Bertz CT molecular complexity index is 58.8. The number of hydrogen-bond donors (Lipinski definition) is 2. The fourth-order valence-electron chi connectivity index (χ4n) is 0.962. The van der Waals surface area contributed by atoms with Gasteiger partial charge in [-0.05, 0) is 0 Å². The summed E-state index contributed by atoms with van der Waals surface area (Å²) in [5.41, 5.74) is 5.54. The molecule has 1 aliphatic rings. The molecule has 0 unspecified atom stereocenters. The number of hydrogen-bond acceptors (Lipinski definition) is 2. The van der Waals surface area contributed by atoms with Crippen LogP contribution in [0, 0.1) is 5.21 Å². The monoisotopic (exact) mass is 116 g/mol. The molecule has 1 heterocycles. The SMILES string of the molecule is NC1CC[NH+]([O-])CC1. The summed E-state index contributed by atoms with van der Waals surface area (Å²) >= 11 is 0. The number of nitrogens with two attached hydrogens (primary N) is 1. The van der Waals surface area contributed by atoms with Gasteiger partial charge in [-0.25, -0.2) is 0 Å². The molecule has 0 aromatic rings. The fraction of sp³-hybridized carbons (Fsp3) is 1.00. The van der Waals surface area contributed by atoms with E-state index in [0.717, 1.165) is 12.8 Å². The Kier molecular flexibility index (Phi) is 1.83. The van der Waals surface area contributed by atoms with E-state index in [0.29, 0.717) is 24.2 Å². The van der Waals surface area contributed by atoms with Crippen LogP contribution < -0.4 is 10.8 Å². The topological polar surface area (TPSA) is 53.5 Å². The molecular formula is C5H12N2O. The van der Waals surface area contributed by atoms with Gasteiger partial charge in [-0.3, -0.25) is 0 Å². The zero-order chi connectivity index (χ0) is 5.98. The van der Waals surface area contributed by atoms with Crippen molar-refractivity contribution in [3.8, 4) is 0 Å². The smallest absolute Gasteiger partial charge is 0.0783 e. The number of piperidine rings is 1. The minimum absolute atomic E-state index is 0.299. The van der Waals surface area contributed by atoms with E-state index in [9.17, 15) is 5.21 Å². The van der Waals surface area contributed by atoms with Crippen LogP contribution in [0.2, 0.25) is 0 Å². The summed E-state index contributed by atoms with van der Waals surface area (Å²) in [6.45, 7) is 1.42. The maximum absolute atomic E-state index is 10.6. The highest BCUT2D eigenvalue weighted by atomic mass is 16.5. The van der Waals surface area contributed by atoms with Gasteiger partial charge in [0.2, 0.25) is 0 Å². The van der Waals surface area contributed by atoms with Crippen LogP contribution in [0.3, 0.4) is 0 Å². The quantitative estimate of drug-likeness (QED) is 0.378. The lowest BCUT2D eigenvalue weighted by Gasteiger charge is -2.29. The first-order valence-electron chi connectivity index (χ1n) is 3.06. The molecule has 3 nitrogen and oxygen atoms in total. The van der Waals surface area contributed by atoms with E-state index in [1.54, 1.807) is 0 Å². The summed E-state index contributed by atoms with van der Waals surface area (Å²) in [5, 5.41) is 10.9. The number of rotatable bonds is 0. The third kappa shape index (κ3) is 1.43. The van der Waals surface area contributed by atoms with Crippen molar-refractivity contribution >= 4 is 0 Å². The second-order valence-electron chi connectivity index (χ2n) is 2.38. The van der Waals surface area contributed by atoms with Crippen LogP contribution in [0.25, 0.3) is 0 Å².